The molecule has 0 atom stereocenters. The molecule has 0 spiro atoms. The molecule has 0 aliphatic carbocycles. The van der Waals surface area contributed by atoms with Crippen LogP contribution in [0, 0.1) is 13.8 Å². The van der Waals surface area contributed by atoms with Gasteiger partial charge < -0.3 is 4.74 Å². The van der Waals surface area contributed by atoms with E-state index in [0.29, 0.717) is 17.2 Å². The molecule has 0 bridgehead atoms. The summed E-state index contributed by atoms with van der Waals surface area (Å²) in [7, 11) is -7.72. The van der Waals surface area contributed by atoms with E-state index < -0.39 is 20.0 Å². The van der Waals surface area contributed by atoms with Gasteiger partial charge in [-0.1, -0.05) is 36.4 Å². The van der Waals surface area contributed by atoms with Crippen LogP contribution in [0.3, 0.4) is 0 Å². The average Bonchev–Trinajstić information content (AvgIpc) is 2.83. The first-order valence-electron chi connectivity index (χ1n) is 10.7. The summed E-state index contributed by atoms with van der Waals surface area (Å²) < 4.78 is 62.0. The summed E-state index contributed by atoms with van der Waals surface area (Å²) >= 11 is 0. The minimum absolute atomic E-state index is 0.0190. The van der Waals surface area contributed by atoms with Gasteiger partial charge in [-0.2, -0.15) is 0 Å². The first kappa shape index (κ1) is 24.3. The van der Waals surface area contributed by atoms with E-state index in [0.717, 1.165) is 11.1 Å². The topological polar surface area (TPSA) is 102 Å². The zero-order valence-electron chi connectivity index (χ0n) is 19.1. The Morgan fingerprint density at radius 2 is 1.03 bits per heavy atom. The molecule has 0 amide bonds. The SMILES string of the molecule is Cc1cccc(C)c1NS(=O)(=O)c1ccc(NS(=O)(=O)c2ccc(Oc3ccccc3)cc2)cc1. The highest BCUT2D eigenvalue weighted by Crippen LogP contribution is 2.26. The minimum atomic E-state index is -3.88. The van der Waals surface area contributed by atoms with Crippen molar-refractivity contribution < 1.29 is 21.6 Å². The van der Waals surface area contributed by atoms with Crippen LogP contribution in [0.25, 0.3) is 0 Å². The van der Waals surface area contributed by atoms with Crippen molar-refractivity contribution in [1.82, 2.24) is 0 Å². The third-order valence-electron chi connectivity index (χ3n) is 5.25. The summed E-state index contributed by atoms with van der Waals surface area (Å²) in [4.78, 5) is 0.0665. The highest BCUT2D eigenvalue weighted by Gasteiger charge is 2.18. The maximum atomic E-state index is 12.8. The summed E-state index contributed by atoms with van der Waals surface area (Å²) in [6.45, 7) is 3.64. The number of para-hydroxylation sites is 2. The zero-order chi connectivity index (χ0) is 25.1. The van der Waals surface area contributed by atoms with Crippen molar-refractivity contribution in [1.29, 1.82) is 0 Å². The molecule has 2 N–H and O–H groups in total. The fourth-order valence-corrected chi connectivity index (χ4v) is 5.66. The lowest BCUT2D eigenvalue weighted by Gasteiger charge is -2.14. The van der Waals surface area contributed by atoms with E-state index in [1.807, 2.05) is 50.2 Å². The molecule has 0 fully saturated rings. The summed E-state index contributed by atoms with van der Waals surface area (Å²) in [6, 6.07) is 26.2. The fraction of sp³-hybridized carbons (Fsp3) is 0.0769. The Morgan fingerprint density at radius 1 is 0.543 bits per heavy atom. The van der Waals surface area contributed by atoms with Crippen LogP contribution in [0.15, 0.2) is 107 Å². The van der Waals surface area contributed by atoms with Crippen molar-refractivity contribution >= 4 is 31.4 Å². The third kappa shape index (κ3) is 5.82. The average molecular weight is 509 g/mol. The summed E-state index contributed by atoms with van der Waals surface area (Å²) in [5.41, 5.74) is 2.37. The van der Waals surface area contributed by atoms with E-state index in [-0.39, 0.29) is 15.5 Å². The number of anilines is 2. The molecular weight excluding hydrogens is 484 g/mol. The van der Waals surface area contributed by atoms with Crippen LogP contribution in [-0.4, -0.2) is 16.8 Å². The van der Waals surface area contributed by atoms with E-state index in [1.54, 1.807) is 24.3 Å². The molecule has 0 saturated heterocycles. The van der Waals surface area contributed by atoms with Crippen LogP contribution < -0.4 is 14.2 Å². The predicted octanol–water partition coefficient (Wildman–Crippen LogP) is 5.70. The van der Waals surface area contributed by atoms with Crippen molar-refractivity contribution in [2.75, 3.05) is 9.44 Å². The van der Waals surface area contributed by atoms with E-state index in [9.17, 15) is 16.8 Å². The standard InChI is InChI=1S/C26H24N2O5S2/c1-19-7-6-8-20(2)26(19)28-35(31,32)24-15-11-21(12-16-24)27-34(29,30)25-17-13-23(14-18-25)33-22-9-4-3-5-10-22/h3-18,27-28H,1-2H3. The molecule has 9 heteroatoms. The number of sulfonamides is 2. The van der Waals surface area contributed by atoms with Crippen LogP contribution in [0.1, 0.15) is 11.1 Å². The van der Waals surface area contributed by atoms with Gasteiger partial charge in [-0.15, -0.1) is 0 Å². The molecule has 0 aromatic heterocycles. The number of nitrogens with one attached hydrogen (secondary N) is 2. The number of ether oxygens (including phenoxy) is 1. The van der Waals surface area contributed by atoms with E-state index in [1.165, 1.54) is 36.4 Å². The number of rotatable bonds is 8. The van der Waals surface area contributed by atoms with Gasteiger partial charge >= 0.3 is 0 Å². The Balaban J connectivity index is 1.46. The maximum absolute atomic E-state index is 12.8. The molecule has 7 nitrogen and oxygen atoms in total. The molecule has 35 heavy (non-hydrogen) atoms. The number of hydrogen-bond donors (Lipinski definition) is 2. The number of benzene rings is 4. The highest BCUT2D eigenvalue weighted by molar-refractivity contribution is 7.93. The molecule has 4 aromatic carbocycles. The monoisotopic (exact) mass is 508 g/mol. The molecular formula is C26H24N2O5S2. The quantitative estimate of drug-likeness (QED) is 0.318. The van der Waals surface area contributed by atoms with Crippen molar-refractivity contribution in [2.24, 2.45) is 0 Å². The van der Waals surface area contributed by atoms with Gasteiger partial charge in [0, 0.05) is 5.69 Å². The molecule has 0 saturated carbocycles. The lowest BCUT2D eigenvalue weighted by Crippen LogP contribution is -2.15. The third-order valence-corrected chi connectivity index (χ3v) is 8.01. The van der Waals surface area contributed by atoms with Crippen LogP contribution >= 0.6 is 0 Å². The molecule has 0 unspecified atom stereocenters. The predicted molar refractivity (Wildman–Crippen MR) is 137 cm³/mol. The largest absolute Gasteiger partial charge is 0.457 e. The van der Waals surface area contributed by atoms with Crippen molar-refractivity contribution in [3.8, 4) is 11.5 Å². The van der Waals surface area contributed by atoms with Crippen LogP contribution in [0.2, 0.25) is 0 Å². The van der Waals surface area contributed by atoms with Crippen molar-refractivity contribution in [3.63, 3.8) is 0 Å². The molecule has 0 aliphatic rings. The lowest BCUT2D eigenvalue weighted by atomic mass is 10.1. The Kier molecular flexibility index (Phi) is 6.81. The second kappa shape index (κ2) is 9.81. The van der Waals surface area contributed by atoms with Gasteiger partial charge in [0.1, 0.15) is 11.5 Å². The van der Waals surface area contributed by atoms with Crippen LogP contribution in [0.5, 0.6) is 11.5 Å². The first-order chi connectivity index (χ1) is 16.6. The van der Waals surface area contributed by atoms with E-state index >= 15 is 0 Å². The first-order valence-corrected chi connectivity index (χ1v) is 13.7. The van der Waals surface area contributed by atoms with Gasteiger partial charge in [0.25, 0.3) is 20.0 Å². The Hall–Kier alpha value is -3.82. The van der Waals surface area contributed by atoms with Gasteiger partial charge in [0.05, 0.1) is 15.5 Å². The van der Waals surface area contributed by atoms with Crippen molar-refractivity contribution in [3.05, 3.63) is 108 Å². The Labute approximate surface area is 205 Å². The smallest absolute Gasteiger partial charge is 0.261 e. The zero-order valence-corrected chi connectivity index (χ0v) is 20.7. The molecule has 0 heterocycles. The normalized spacial score (nSPS) is 11.6. The van der Waals surface area contributed by atoms with E-state index in [2.05, 4.69) is 9.44 Å². The lowest BCUT2D eigenvalue weighted by molar-refractivity contribution is 0.482. The Morgan fingerprint density at radius 3 is 1.60 bits per heavy atom. The number of hydrogen-bond acceptors (Lipinski definition) is 5. The number of aryl methyl sites for hydroxylation is 2. The van der Waals surface area contributed by atoms with Crippen LogP contribution in [0.4, 0.5) is 11.4 Å². The van der Waals surface area contributed by atoms with E-state index in [4.69, 9.17) is 4.74 Å². The van der Waals surface area contributed by atoms with Crippen LogP contribution in [-0.2, 0) is 20.0 Å². The fourth-order valence-electron chi connectivity index (χ4n) is 3.40. The van der Waals surface area contributed by atoms with Gasteiger partial charge in [0.15, 0.2) is 0 Å². The Bertz CT molecular complexity index is 1510. The maximum Gasteiger partial charge on any atom is 0.261 e. The summed E-state index contributed by atoms with van der Waals surface area (Å²) in [5, 5.41) is 0. The summed E-state index contributed by atoms with van der Waals surface area (Å²) in [6.07, 6.45) is 0. The molecule has 4 rings (SSSR count). The van der Waals surface area contributed by atoms with Gasteiger partial charge in [-0.05, 0) is 85.6 Å². The molecule has 0 radical (unpaired) electrons. The van der Waals surface area contributed by atoms with Crippen molar-refractivity contribution in [2.45, 2.75) is 23.6 Å². The highest BCUT2D eigenvalue weighted by atomic mass is 32.2. The molecule has 180 valence electrons. The van der Waals surface area contributed by atoms with Gasteiger partial charge in [-0.3, -0.25) is 9.44 Å². The second-order valence-corrected chi connectivity index (χ2v) is 11.3. The minimum Gasteiger partial charge on any atom is -0.457 e. The second-order valence-electron chi connectivity index (χ2n) is 7.89. The van der Waals surface area contributed by atoms with Gasteiger partial charge in [-0.25, -0.2) is 16.8 Å². The molecule has 4 aromatic rings. The van der Waals surface area contributed by atoms with Gasteiger partial charge in [0.2, 0.25) is 0 Å². The molecule has 0 aliphatic heterocycles. The summed E-state index contributed by atoms with van der Waals surface area (Å²) in [5.74, 6) is 1.14.